The molecule has 1 saturated carbocycles. The predicted octanol–water partition coefficient (Wildman–Crippen LogP) is 0.616. The van der Waals surface area contributed by atoms with Gasteiger partial charge in [-0.25, -0.2) is 9.89 Å². The Hall–Kier alpha value is -2.38. The van der Waals surface area contributed by atoms with Gasteiger partial charge in [0.25, 0.3) is 11.5 Å². The minimum Gasteiger partial charge on any atom is -0.348 e. The van der Waals surface area contributed by atoms with E-state index < -0.39 is 0 Å². The molecule has 1 saturated heterocycles. The van der Waals surface area contributed by atoms with Crippen LogP contribution in [0, 0.1) is 0 Å². The zero-order chi connectivity index (χ0) is 16.9. The highest BCUT2D eigenvalue weighted by Crippen LogP contribution is 2.18. The molecule has 0 atom stereocenters. The molecule has 3 amide bonds. The second-order valence-corrected chi connectivity index (χ2v) is 6.47. The SMILES string of the molecule is O=C(NC1CCN(C(=O)NC2CCCC2)CC1)c1ccc(=O)[nH]n1. The van der Waals surface area contributed by atoms with E-state index >= 15 is 0 Å². The highest BCUT2D eigenvalue weighted by atomic mass is 16.2. The fourth-order valence-corrected chi connectivity index (χ4v) is 3.29. The number of amides is 3. The maximum Gasteiger partial charge on any atom is 0.317 e. The Morgan fingerprint density at radius 2 is 1.71 bits per heavy atom. The van der Waals surface area contributed by atoms with Gasteiger partial charge in [0.15, 0.2) is 0 Å². The quantitative estimate of drug-likeness (QED) is 0.753. The van der Waals surface area contributed by atoms with Crippen LogP contribution in [0.4, 0.5) is 4.79 Å². The van der Waals surface area contributed by atoms with Crippen molar-refractivity contribution >= 4 is 11.9 Å². The van der Waals surface area contributed by atoms with Gasteiger partial charge in [-0.15, -0.1) is 0 Å². The average molecular weight is 333 g/mol. The van der Waals surface area contributed by atoms with Gasteiger partial charge in [0.2, 0.25) is 0 Å². The van der Waals surface area contributed by atoms with Gasteiger partial charge < -0.3 is 15.5 Å². The maximum atomic E-state index is 12.2. The Bertz CT molecular complexity index is 625. The molecule has 0 unspecified atom stereocenters. The topological polar surface area (TPSA) is 107 Å². The lowest BCUT2D eigenvalue weighted by Crippen LogP contribution is -2.51. The van der Waals surface area contributed by atoms with Crippen molar-refractivity contribution in [3.05, 3.63) is 28.2 Å². The van der Waals surface area contributed by atoms with Crippen molar-refractivity contribution in [3.63, 3.8) is 0 Å². The van der Waals surface area contributed by atoms with Crippen molar-refractivity contribution in [2.24, 2.45) is 0 Å². The van der Waals surface area contributed by atoms with E-state index in [9.17, 15) is 14.4 Å². The highest BCUT2D eigenvalue weighted by Gasteiger charge is 2.26. The number of likely N-dealkylation sites (tertiary alicyclic amines) is 1. The molecule has 8 heteroatoms. The fourth-order valence-electron chi connectivity index (χ4n) is 3.29. The molecule has 2 heterocycles. The summed E-state index contributed by atoms with van der Waals surface area (Å²) < 4.78 is 0. The summed E-state index contributed by atoms with van der Waals surface area (Å²) in [5.74, 6) is -0.305. The molecule has 2 aliphatic rings. The molecule has 3 rings (SSSR count). The summed E-state index contributed by atoms with van der Waals surface area (Å²) in [6, 6.07) is 3.02. The summed E-state index contributed by atoms with van der Waals surface area (Å²) in [6.45, 7) is 1.26. The van der Waals surface area contributed by atoms with E-state index in [1.165, 1.54) is 25.0 Å². The number of hydrogen-bond acceptors (Lipinski definition) is 4. The second-order valence-electron chi connectivity index (χ2n) is 6.47. The molecule has 1 aliphatic carbocycles. The number of rotatable bonds is 3. The molecule has 2 fully saturated rings. The van der Waals surface area contributed by atoms with Crippen LogP contribution in [0.2, 0.25) is 0 Å². The molecule has 8 nitrogen and oxygen atoms in total. The van der Waals surface area contributed by atoms with Crippen molar-refractivity contribution in [3.8, 4) is 0 Å². The first kappa shape index (κ1) is 16.5. The van der Waals surface area contributed by atoms with E-state index in [-0.39, 0.29) is 29.2 Å². The van der Waals surface area contributed by atoms with E-state index in [1.54, 1.807) is 0 Å². The van der Waals surface area contributed by atoms with Crippen LogP contribution in [0.3, 0.4) is 0 Å². The highest BCUT2D eigenvalue weighted by molar-refractivity contribution is 5.92. The Morgan fingerprint density at radius 3 is 2.33 bits per heavy atom. The zero-order valence-corrected chi connectivity index (χ0v) is 13.6. The number of aromatic amines is 1. The molecule has 3 N–H and O–H groups in total. The van der Waals surface area contributed by atoms with Crippen LogP contribution < -0.4 is 16.2 Å². The second kappa shape index (κ2) is 7.46. The first-order chi connectivity index (χ1) is 11.6. The van der Waals surface area contributed by atoms with Crippen LogP contribution in [0.25, 0.3) is 0 Å². The Kier molecular flexibility index (Phi) is 5.12. The molecule has 0 bridgehead atoms. The largest absolute Gasteiger partial charge is 0.348 e. The number of piperidine rings is 1. The van der Waals surface area contributed by atoms with E-state index in [1.807, 2.05) is 4.90 Å². The normalized spacial score (nSPS) is 19.2. The molecule has 1 aromatic rings. The van der Waals surface area contributed by atoms with Crippen molar-refractivity contribution in [1.82, 2.24) is 25.7 Å². The summed E-state index contributed by atoms with van der Waals surface area (Å²) in [4.78, 5) is 37.1. The third-order valence-corrected chi connectivity index (χ3v) is 4.71. The lowest BCUT2D eigenvalue weighted by atomic mass is 10.1. The first-order valence-electron chi connectivity index (χ1n) is 8.54. The van der Waals surface area contributed by atoms with Gasteiger partial charge in [0, 0.05) is 31.2 Å². The number of H-pyrrole nitrogens is 1. The molecule has 1 aliphatic heterocycles. The molecule has 0 aromatic carbocycles. The number of aromatic nitrogens is 2. The Labute approximate surface area is 140 Å². The third kappa shape index (κ3) is 4.12. The molecule has 24 heavy (non-hydrogen) atoms. The van der Waals surface area contributed by atoms with Crippen LogP contribution in [0.5, 0.6) is 0 Å². The lowest BCUT2D eigenvalue weighted by Gasteiger charge is -2.33. The van der Waals surface area contributed by atoms with Gasteiger partial charge in [0.05, 0.1) is 0 Å². The number of carbonyl (C=O) groups excluding carboxylic acids is 2. The van der Waals surface area contributed by atoms with Crippen LogP contribution in [-0.2, 0) is 0 Å². The minimum absolute atomic E-state index is 0.00831. The van der Waals surface area contributed by atoms with Crippen LogP contribution >= 0.6 is 0 Å². The summed E-state index contributed by atoms with van der Waals surface area (Å²) in [5, 5.41) is 12.0. The Balaban J connectivity index is 1.44. The minimum atomic E-state index is -0.340. The van der Waals surface area contributed by atoms with Crippen molar-refractivity contribution in [1.29, 1.82) is 0 Å². The van der Waals surface area contributed by atoms with E-state index in [4.69, 9.17) is 0 Å². The van der Waals surface area contributed by atoms with Gasteiger partial charge in [-0.3, -0.25) is 9.59 Å². The molecular formula is C16H23N5O3. The van der Waals surface area contributed by atoms with Crippen LogP contribution in [0.1, 0.15) is 49.0 Å². The standard InChI is InChI=1S/C16H23N5O3/c22-14-6-5-13(19-20-14)15(23)17-12-7-9-21(10-8-12)16(24)18-11-3-1-2-4-11/h5-6,11-12H,1-4,7-10H2,(H,17,23)(H,18,24)(H,20,22). The fraction of sp³-hybridized carbons (Fsp3) is 0.625. The number of nitrogens with one attached hydrogen (secondary N) is 3. The summed E-state index contributed by atoms with van der Waals surface area (Å²) in [7, 11) is 0. The van der Waals surface area contributed by atoms with Crippen LogP contribution in [-0.4, -0.2) is 52.2 Å². The van der Waals surface area contributed by atoms with Crippen molar-refractivity contribution in [2.45, 2.75) is 50.6 Å². The van der Waals surface area contributed by atoms with Gasteiger partial charge in [0.1, 0.15) is 5.69 Å². The molecule has 0 radical (unpaired) electrons. The number of nitrogens with zero attached hydrogens (tertiary/aromatic N) is 2. The smallest absolute Gasteiger partial charge is 0.317 e. The summed E-state index contributed by atoms with van der Waals surface area (Å²) in [5.41, 5.74) is -0.149. The lowest BCUT2D eigenvalue weighted by molar-refractivity contribution is 0.0911. The van der Waals surface area contributed by atoms with E-state index in [0.29, 0.717) is 32.0 Å². The van der Waals surface area contributed by atoms with E-state index in [2.05, 4.69) is 20.8 Å². The Morgan fingerprint density at radius 1 is 1.04 bits per heavy atom. The van der Waals surface area contributed by atoms with Crippen molar-refractivity contribution in [2.75, 3.05) is 13.1 Å². The molecule has 130 valence electrons. The summed E-state index contributed by atoms with van der Waals surface area (Å²) in [6.07, 6.45) is 5.96. The average Bonchev–Trinajstić information content (AvgIpc) is 3.09. The predicted molar refractivity (Wildman–Crippen MR) is 87.7 cm³/mol. The van der Waals surface area contributed by atoms with Gasteiger partial charge in [-0.2, -0.15) is 5.10 Å². The monoisotopic (exact) mass is 333 g/mol. The summed E-state index contributed by atoms with van der Waals surface area (Å²) >= 11 is 0. The number of hydrogen-bond donors (Lipinski definition) is 3. The van der Waals surface area contributed by atoms with Crippen molar-refractivity contribution < 1.29 is 9.59 Å². The zero-order valence-electron chi connectivity index (χ0n) is 13.6. The van der Waals surface area contributed by atoms with Gasteiger partial charge in [-0.05, 0) is 31.7 Å². The number of urea groups is 1. The molecule has 0 spiro atoms. The van der Waals surface area contributed by atoms with Gasteiger partial charge >= 0.3 is 6.03 Å². The third-order valence-electron chi connectivity index (χ3n) is 4.71. The van der Waals surface area contributed by atoms with E-state index in [0.717, 1.165) is 12.8 Å². The first-order valence-corrected chi connectivity index (χ1v) is 8.54. The molecule has 1 aromatic heterocycles. The number of carbonyl (C=O) groups is 2. The molecular weight excluding hydrogens is 310 g/mol. The van der Waals surface area contributed by atoms with Gasteiger partial charge in [-0.1, -0.05) is 12.8 Å². The van der Waals surface area contributed by atoms with Crippen LogP contribution in [0.15, 0.2) is 16.9 Å². The maximum absolute atomic E-state index is 12.2.